The maximum Gasteiger partial charge on any atom is 0.246 e. The van der Waals surface area contributed by atoms with Crippen molar-refractivity contribution < 1.29 is 13.9 Å². The molecule has 3 rings (SSSR count). The van der Waals surface area contributed by atoms with Gasteiger partial charge in [-0.1, -0.05) is 24.3 Å². The molecule has 2 aromatic rings. The van der Waals surface area contributed by atoms with Gasteiger partial charge >= 0.3 is 0 Å². The van der Waals surface area contributed by atoms with Gasteiger partial charge in [0.1, 0.15) is 18.1 Å². The summed E-state index contributed by atoms with van der Waals surface area (Å²) in [4.78, 5) is 15.9. The van der Waals surface area contributed by atoms with Crippen LogP contribution in [0.15, 0.2) is 53.5 Å². The highest BCUT2D eigenvalue weighted by Crippen LogP contribution is 2.31. The normalized spacial score (nSPS) is 15.9. The maximum absolute atomic E-state index is 13.1. The molecule has 0 fully saturated rings. The monoisotopic (exact) mass is 470 g/mol. The Labute approximate surface area is 168 Å². The summed E-state index contributed by atoms with van der Waals surface area (Å²) in [6, 6.07) is 13.4. The van der Waals surface area contributed by atoms with Crippen molar-refractivity contribution in [1.29, 1.82) is 0 Å². The Morgan fingerprint density at radius 3 is 2.88 bits per heavy atom. The van der Waals surface area contributed by atoms with Gasteiger partial charge < -0.3 is 21.1 Å². The number of aliphatic imine (C=N–C) groups is 1. The van der Waals surface area contributed by atoms with Gasteiger partial charge in [0.15, 0.2) is 5.96 Å². The van der Waals surface area contributed by atoms with Crippen LogP contribution in [0.25, 0.3) is 0 Å². The first-order chi connectivity index (χ1) is 12.1. The molecule has 4 N–H and O–H groups in total. The Morgan fingerprint density at radius 1 is 1.27 bits per heavy atom. The molecule has 0 bridgehead atoms. The zero-order chi connectivity index (χ0) is 17.6. The molecule has 1 heterocycles. The number of nitrogens with one attached hydrogen (secondary N) is 2. The molecular formula is C18H20FIN4O2. The van der Waals surface area contributed by atoms with Crippen LogP contribution in [-0.4, -0.2) is 25.0 Å². The average molecular weight is 470 g/mol. The second-order valence-electron chi connectivity index (χ2n) is 5.63. The largest absolute Gasteiger partial charge is 0.493 e. The number of guanidine groups is 1. The van der Waals surface area contributed by atoms with Crippen LogP contribution in [-0.2, 0) is 4.79 Å². The number of hydrogen-bond donors (Lipinski definition) is 3. The van der Waals surface area contributed by atoms with Crippen molar-refractivity contribution in [3.8, 4) is 5.75 Å². The fourth-order valence-electron chi connectivity index (χ4n) is 2.64. The van der Waals surface area contributed by atoms with Gasteiger partial charge in [0, 0.05) is 17.7 Å². The summed E-state index contributed by atoms with van der Waals surface area (Å²) in [7, 11) is 0. The molecule has 0 radical (unpaired) electrons. The number of rotatable bonds is 4. The summed E-state index contributed by atoms with van der Waals surface area (Å²) in [5.74, 6) is 0.211. The maximum atomic E-state index is 13.1. The molecule has 26 heavy (non-hydrogen) atoms. The smallest absolute Gasteiger partial charge is 0.246 e. The van der Waals surface area contributed by atoms with Crippen molar-refractivity contribution >= 4 is 41.5 Å². The van der Waals surface area contributed by atoms with Crippen molar-refractivity contribution in [2.24, 2.45) is 10.7 Å². The molecule has 6 nitrogen and oxygen atoms in total. The predicted octanol–water partition coefficient (Wildman–Crippen LogP) is 2.81. The molecule has 8 heteroatoms. The van der Waals surface area contributed by atoms with E-state index in [-0.39, 0.29) is 48.4 Å². The number of carbonyl (C=O) groups excluding carboxylic acids is 1. The number of amides is 1. The van der Waals surface area contributed by atoms with E-state index in [4.69, 9.17) is 10.5 Å². The molecule has 0 saturated carbocycles. The molecule has 0 aromatic heterocycles. The molecule has 2 aromatic carbocycles. The number of ether oxygens (including phenoxy) is 1. The van der Waals surface area contributed by atoms with Gasteiger partial charge in [-0.25, -0.2) is 9.38 Å². The number of fused-ring (bicyclic) bond motifs is 1. The molecular weight excluding hydrogens is 450 g/mol. The highest BCUT2D eigenvalue weighted by Gasteiger charge is 2.21. The lowest BCUT2D eigenvalue weighted by atomic mass is 10.0. The average Bonchev–Trinajstić information content (AvgIpc) is 2.60. The zero-order valence-electron chi connectivity index (χ0n) is 13.9. The predicted molar refractivity (Wildman–Crippen MR) is 109 cm³/mol. The number of nitrogens with two attached hydrogens (primary N) is 1. The molecule has 1 aliphatic heterocycles. The Hall–Kier alpha value is -2.36. The van der Waals surface area contributed by atoms with E-state index >= 15 is 0 Å². The molecule has 1 amide bonds. The number of benzene rings is 2. The van der Waals surface area contributed by atoms with Gasteiger partial charge in [-0.15, -0.1) is 24.0 Å². The summed E-state index contributed by atoms with van der Waals surface area (Å²) in [5, 5.41) is 5.68. The zero-order valence-corrected chi connectivity index (χ0v) is 16.3. The van der Waals surface area contributed by atoms with E-state index in [2.05, 4.69) is 15.6 Å². The van der Waals surface area contributed by atoms with Crippen molar-refractivity contribution in [2.75, 3.05) is 18.5 Å². The molecule has 0 spiro atoms. The topological polar surface area (TPSA) is 88.7 Å². The van der Waals surface area contributed by atoms with Crippen LogP contribution in [0.5, 0.6) is 5.75 Å². The standard InChI is InChI=1S/C18H19FN4O2.HI/c19-12-4-3-5-13(10-12)22-17(24)11-21-18(20)23-15-8-9-25-16-7-2-1-6-14(15)16;/h1-7,10,15H,8-9,11H2,(H,22,24)(H3,20,21,23);1H. The fraction of sp³-hybridized carbons (Fsp3) is 0.222. The van der Waals surface area contributed by atoms with Crippen LogP contribution in [0.3, 0.4) is 0 Å². The third-order valence-corrected chi connectivity index (χ3v) is 3.78. The van der Waals surface area contributed by atoms with Gasteiger partial charge in [0.2, 0.25) is 5.91 Å². The number of halogens is 2. The summed E-state index contributed by atoms with van der Waals surface area (Å²) >= 11 is 0. The van der Waals surface area contributed by atoms with Gasteiger partial charge in [-0.2, -0.15) is 0 Å². The summed E-state index contributed by atoms with van der Waals surface area (Å²) < 4.78 is 18.7. The highest BCUT2D eigenvalue weighted by molar-refractivity contribution is 14.0. The molecule has 1 atom stereocenters. The van der Waals surface area contributed by atoms with Gasteiger partial charge in [0.05, 0.1) is 12.6 Å². The third kappa shape index (κ3) is 5.32. The fourth-order valence-corrected chi connectivity index (χ4v) is 2.64. The van der Waals surface area contributed by atoms with Gasteiger partial charge in [0.25, 0.3) is 0 Å². The Kier molecular flexibility index (Phi) is 7.19. The molecule has 1 aliphatic rings. The minimum atomic E-state index is -0.416. The third-order valence-electron chi connectivity index (χ3n) is 3.78. The summed E-state index contributed by atoms with van der Waals surface area (Å²) in [6.45, 7) is 0.433. The van der Waals surface area contributed by atoms with E-state index in [0.29, 0.717) is 12.3 Å². The first-order valence-corrected chi connectivity index (χ1v) is 7.95. The van der Waals surface area contributed by atoms with E-state index in [1.807, 2.05) is 24.3 Å². The molecule has 0 aliphatic carbocycles. The van der Waals surface area contributed by atoms with Crippen LogP contribution in [0.2, 0.25) is 0 Å². The second kappa shape index (κ2) is 9.37. The lowest BCUT2D eigenvalue weighted by Crippen LogP contribution is -2.38. The number of para-hydroxylation sites is 1. The quantitative estimate of drug-likeness (QED) is 0.365. The van der Waals surface area contributed by atoms with Crippen LogP contribution >= 0.6 is 24.0 Å². The number of nitrogens with zero attached hydrogens (tertiary/aromatic N) is 1. The van der Waals surface area contributed by atoms with Gasteiger partial charge in [-0.05, 0) is 24.3 Å². The Bertz CT molecular complexity index is 800. The van der Waals surface area contributed by atoms with Crippen molar-refractivity contribution in [3.05, 3.63) is 59.9 Å². The summed E-state index contributed by atoms with van der Waals surface area (Å²) in [6.07, 6.45) is 0.753. The van der Waals surface area contributed by atoms with Crippen molar-refractivity contribution in [1.82, 2.24) is 5.32 Å². The first-order valence-electron chi connectivity index (χ1n) is 7.95. The van der Waals surface area contributed by atoms with Gasteiger partial charge in [-0.3, -0.25) is 4.79 Å². The number of anilines is 1. The van der Waals surface area contributed by atoms with Crippen LogP contribution in [0.1, 0.15) is 18.0 Å². The lowest BCUT2D eigenvalue weighted by molar-refractivity contribution is -0.114. The van der Waals surface area contributed by atoms with E-state index in [1.54, 1.807) is 6.07 Å². The number of hydrogen-bond acceptors (Lipinski definition) is 3. The number of carbonyl (C=O) groups is 1. The highest BCUT2D eigenvalue weighted by atomic mass is 127. The second-order valence-corrected chi connectivity index (χ2v) is 5.63. The first kappa shape index (κ1) is 20.0. The van der Waals surface area contributed by atoms with E-state index in [9.17, 15) is 9.18 Å². The Morgan fingerprint density at radius 2 is 2.08 bits per heavy atom. The lowest BCUT2D eigenvalue weighted by Gasteiger charge is -2.26. The van der Waals surface area contributed by atoms with Crippen LogP contribution in [0.4, 0.5) is 10.1 Å². The molecule has 138 valence electrons. The SMILES string of the molecule is I.NC(=NCC(=O)Nc1cccc(F)c1)NC1CCOc2ccccc21. The molecule has 0 saturated heterocycles. The minimum Gasteiger partial charge on any atom is -0.493 e. The van der Waals surface area contributed by atoms with Crippen LogP contribution in [0, 0.1) is 5.82 Å². The minimum absolute atomic E-state index is 0. The molecule has 1 unspecified atom stereocenters. The van der Waals surface area contributed by atoms with Crippen LogP contribution < -0.4 is 21.1 Å². The summed E-state index contributed by atoms with van der Waals surface area (Å²) in [5.41, 5.74) is 7.28. The van der Waals surface area contributed by atoms with E-state index < -0.39 is 5.82 Å². The van der Waals surface area contributed by atoms with E-state index in [1.165, 1.54) is 18.2 Å². The van der Waals surface area contributed by atoms with E-state index in [0.717, 1.165) is 17.7 Å². The Balaban J connectivity index is 0.00000243. The van der Waals surface area contributed by atoms with Crippen molar-refractivity contribution in [2.45, 2.75) is 12.5 Å². The van der Waals surface area contributed by atoms with Crippen molar-refractivity contribution in [3.63, 3.8) is 0 Å².